The summed E-state index contributed by atoms with van der Waals surface area (Å²) in [6, 6.07) is 0. The fourth-order valence-corrected chi connectivity index (χ4v) is 10.2. The molecule has 0 spiro atoms. The van der Waals surface area contributed by atoms with Crippen molar-refractivity contribution in [1.82, 2.24) is 0 Å². The van der Waals surface area contributed by atoms with E-state index in [9.17, 15) is 14.4 Å². The topological polar surface area (TPSA) is 78.9 Å². The molecule has 0 heterocycles. The van der Waals surface area contributed by atoms with Gasteiger partial charge in [-0.25, -0.2) is 0 Å². The first-order valence-electron chi connectivity index (χ1n) is 33.5. The second-order valence-electron chi connectivity index (χ2n) is 22.7. The SMILES string of the molecule is CC/C=C\C/C=C\C/C=C\CCCCCCCCCCCC(=O)OCC(COC(=O)CCCCCCCCCCCCCCCCCCCCC)OC(=O)CCCCCCCCCCCCCCCCCCCCC. The molecule has 0 aromatic heterocycles. The molecule has 0 aliphatic rings. The Morgan fingerprint density at radius 3 is 0.813 bits per heavy atom. The van der Waals surface area contributed by atoms with E-state index in [4.69, 9.17) is 14.2 Å². The molecular formula is C69H128O6. The van der Waals surface area contributed by atoms with Gasteiger partial charge in [-0.1, -0.05) is 333 Å². The van der Waals surface area contributed by atoms with Crippen molar-refractivity contribution in [2.75, 3.05) is 13.2 Å². The molecule has 0 saturated carbocycles. The van der Waals surface area contributed by atoms with Gasteiger partial charge in [-0.15, -0.1) is 0 Å². The Bertz CT molecular complexity index is 1250. The van der Waals surface area contributed by atoms with Crippen LogP contribution in [0.4, 0.5) is 0 Å². The van der Waals surface area contributed by atoms with Crippen LogP contribution in [0.1, 0.15) is 367 Å². The van der Waals surface area contributed by atoms with E-state index in [0.29, 0.717) is 19.3 Å². The molecule has 1 unspecified atom stereocenters. The number of rotatable bonds is 62. The smallest absolute Gasteiger partial charge is 0.306 e. The Hall–Kier alpha value is -2.37. The van der Waals surface area contributed by atoms with E-state index >= 15 is 0 Å². The average molecular weight is 1050 g/mol. The minimum absolute atomic E-state index is 0.0676. The minimum Gasteiger partial charge on any atom is -0.462 e. The highest BCUT2D eigenvalue weighted by Gasteiger charge is 2.19. The maximum Gasteiger partial charge on any atom is 0.306 e. The summed E-state index contributed by atoms with van der Waals surface area (Å²) >= 11 is 0. The third-order valence-corrected chi connectivity index (χ3v) is 15.2. The summed E-state index contributed by atoms with van der Waals surface area (Å²) in [4.78, 5) is 38.4. The van der Waals surface area contributed by atoms with Gasteiger partial charge in [0.2, 0.25) is 0 Å². The first-order valence-corrected chi connectivity index (χ1v) is 33.5. The maximum absolute atomic E-state index is 12.9. The lowest BCUT2D eigenvalue weighted by Gasteiger charge is -2.18. The van der Waals surface area contributed by atoms with Gasteiger partial charge in [0.05, 0.1) is 0 Å². The van der Waals surface area contributed by atoms with Gasteiger partial charge in [-0.2, -0.15) is 0 Å². The number of esters is 3. The molecule has 0 aliphatic carbocycles. The maximum atomic E-state index is 12.9. The molecule has 0 N–H and O–H groups in total. The quantitative estimate of drug-likeness (QED) is 0.0261. The lowest BCUT2D eigenvalue weighted by Crippen LogP contribution is -2.30. The zero-order valence-corrected chi connectivity index (χ0v) is 50.6. The molecule has 0 saturated heterocycles. The molecule has 75 heavy (non-hydrogen) atoms. The predicted molar refractivity (Wildman–Crippen MR) is 326 cm³/mol. The molecule has 0 rings (SSSR count). The molecule has 6 heteroatoms. The van der Waals surface area contributed by atoms with Crippen LogP contribution in [0.2, 0.25) is 0 Å². The van der Waals surface area contributed by atoms with Crippen LogP contribution in [-0.2, 0) is 28.6 Å². The van der Waals surface area contributed by atoms with Crippen LogP contribution in [0.5, 0.6) is 0 Å². The third-order valence-electron chi connectivity index (χ3n) is 15.2. The first kappa shape index (κ1) is 72.6. The van der Waals surface area contributed by atoms with Crippen LogP contribution in [0, 0.1) is 0 Å². The molecule has 0 radical (unpaired) electrons. The van der Waals surface area contributed by atoms with E-state index in [1.807, 2.05) is 0 Å². The van der Waals surface area contributed by atoms with Gasteiger partial charge in [-0.05, 0) is 51.4 Å². The number of carbonyl (C=O) groups is 3. The minimum atomic E-state index is -0.771. The normalized spacial score (nSPS) is 12.2. The number of carbonyl (C=O) groups excluding carboxylic acids is 3. The molecule has 0 fully saturated rings. The third kappa shape index (κ3) is 62.4. The van der Waals surface area contributed by atoms with Gasteiger partial charge in [0.25, 0.3) is 0 Å². The molecule has 0 aliphatic heterocycles. The van der Waals surface area contributed by atoms with Crippen molar-refractivity contribution >= 4 is 17.9 Å². The number of allylic oxidation sites excluding steroid dienone is 6. The molecule has 0 amide bonds. The Balaban J connectivity index is 4.32. The Labute approximate surface area is 467 Å². The number of ether oxygens (including phenoxy) is 3. The van der Waals surface area contributed by atoms with Crippen LogP contribution in [-0.4, -0.2) is 37.2 Å². The van der Waals surface area contributed by atoms with Crippen molar-refractivity contribution in [3.8, 4) is 0 Å². The van der Waals surface area contributed by atoms with Gasteiger partial charge in [0.1, 0.15) is 13.2 Å². The zero-order chi connectivity index (χ0) is 54.3. The van der Waals surface area contributed by atoms with Gasteiger partial charge in [-0.3, -0.25) is 14.4 Å². The van der Waals surface area contributed by atoms with Crippen molar-refractivity contribution in [2.45, 2.75) is 374 Å². The fraction of sp³-hybridized carbons (Fsp3) is 0.870. The monoisotopic (exact) mass is 1050 g/mol. The van der Waals surface area contributed by atoms with Crippen molar-refractivity contribution in [3.63, 3.8) is 0 Å². The number of hydrogen-bond acceptors (Lipinski definition) is 6. The van der Waals surface area contributed by atoms with E-state index in [1.165, 1.54) is 250 Å². The van der Waals surface area contributed by atoms with Crippen molar-refractivity contribution in [1.29, 1.82) is 0 Å². The summed E-state index contributed by atoms with van der Waals surface area (Å²) in [5.74, 6) is -0.843. The van der Waals surface area contributed by atoms with Gasteiger partial charge < -0.3 is 14.2 Å². The van der Waals surface area contributed by atoms with Crippen molar-refractivity contribution in [3.05, 3.63) is 36.5 Å². The standard InChI is InChI=1S/C69H128O6/c1-4-7-10-13-16-19-22-25-28-31-34-37-40-43-46-49-52-55-58-61-67(70)73-64-66(75-69(72)63-60-57-54-51-48-45-42-39-36-33-30-27-24-21-18-15-12-9-6-3)65-74-68(71)62-59-56-53-50-47-44-41-38-35-32-29-26-23-20-17-14-11-8-5-2/h7,10,16,19,25,28,66H,4-6,8-9,11-15,17-18,20-24,26-27,29-65H2,1-3H3/b10-7-,19-16-,28-25-. The van der Waals surface area contributed by atoms with E-state index < -0.39 is 6.10 Å². The van der Waals surface area contributed by atoms with Gasteiger partial charge >= 0.3 is 17.9 Å². The summed E-state index contributed by atoms with van der Waals surface area (Å²) < 4.78 is 17.0. The van der Waals surface area contributed by atoms with Crippen molar-refractivity contribution in [2.24, 2.45) is 0 Å². The van der Waals surface area contributed by atoms with Crippen LogP contribution in [0.25, 0.3) is 0 Å². The van der Waals surface area contributed by atoms with Crippen LogP contribution in [0.3, 0.4) is 0 Å². The highest BCUT2D eigenvalue weighted by atomic mass is 16.6. The fourth-order valence-electron chi connectivity index (χ4n) is 10.2. The van der Waals surface area contributed by atoms with Gasteiger partial charge in [0.15, 0.2) is 6.10 Å². The summed E-state index contributed by atoms with van der Waals surface area (Å²) in [5, 5.41) is 0. The summed E-state index contributed by atoms with van der Waals surface area (Å²) in [6.45, 7) is 6.61. The van der Waals surface area contributed by atoms with Crippen LogP contribution in [0.15, 0.2) is 36.5 Å². The summed E-state index contributed by atoms with van der Waals surface area (Å²) in [7, 11) is 0. The summed E-state index contributed by atoms with van der Waals surface area (Å²) in [6.07, 6.45) is 78.7. The first-order chi connectivity index (χ1) is 37.0. The highest BCUT2D eigenvalue weighted by molar-refractivity contribution is 5.71. The Kier molecular flexibility index (Phi) is 62.1. The largest absolute Gasteiger partial charge is 0.462 e. The number of hydrogen-bond donors (Lipinski definition) is 0. The molecule has 0 bridgehead atoms. The molecule has 0 aromatic rings. The summed E-state index contributed by atoms with van der Waals surface area (Å²) in [5.41, 5.74) is 0. The molecule has 6 nitrogen and oxygen atoms in total. The predicted octanol–water partition coefficient (Wildman–Crippen LogP) is 22.8. The second-order valence-corrected chi connectivity index (χ2v) is 22.7. The van der Waals surface area contributed by atoms with Crippen molar-refractivity contribution < 1.29 is 28.6 Å². The van der Waals surface area contributed by atoms with Crippen LogP contribution < -0.4 is 0 Å². The average Bonchev–Trinajstić information content (AvgIpc) is 3.41. The lowest BCUT2D eigenvalue weighted by molar-refractivity contribution is -0.167. The van der Waals surface area contributed by atoms with Gasteiger partial charge in [0, 0.05) is 19.3 Å². The second kappa shape index (κ2) is 64.2. The van der Waals surface area contributed by atoms with E-state index in [0.717, 1.165) is 77.0 Å². The van der Waals surface area contributed by atoms with E-state index in [-0.39, 0.29) is 31.1 Å². The molecule has 0 aromatic carbocycles. The molecular weight excluding hydrogens is 925 g/mol. The van der Waals surface area contributed by atoms with E-state index in [2.05, 4.69) is 57.2 Å². The van der Waals surface area contributed by atoms with E-state index in [1.54, 1.807) is 0 Å². The Morgan fingerprint density at radius 1 is 0.280 bits per heavy atom. The Morgan fingerprint density at radius 2 is 0.520 bits per heavy atom. The highest BCUT2D eigenvalue weighted by Crippen LogP contribution is 2.18. The van der Waals surface area contributed by atoms with Crippen LogP contribution >= 0.6 is 0 Å². The lowest BCUT2D eigenvalue weighted by atomic mass is 10.0. The molecule has 440 valence electrons. The number of unbranched alkanes of at least 4 members (excludes halogenated alkanes) is 45. The zero-order valence-electron chi connectivity index (χ0n) is 50.6. The molecule has 1 atom stereocenters.